The van der Waals surface area contributed by atoms with Crippen LogP contribution in [0.25, 0.3) is 5.70 Å². The van der Waals surface area contributed by atoms with Crippen molar-refractivity contribution in [2.75, 3.05) is 6.54 Å². The van der Waals surface area contributed by atoms with E-state index in [2.05, 4.69) is 23.7 Å². The van der Waals surface area contributed by atoms with E-state index < -0.39 is 0 Å². The molecule has 0 spiro atoms. The van der Waals surface area contributed by atoms with Crippen molar-refractivity contribution in [3.8, 4) is 11.8 Å². The van der Waals surface area contributed by atoms with Crippen molar-refractivity contribution in [3.63, 3.8) is 0 Å². The summed E-state index contributed by atoms with van der Waals surface area (Å²) in [6.07, 6.45) is 0.860. The van der Waals surface area contributed by atoms with Gasteiger partial charge in [-0.1, -0.05) is 78.6 Å². The molecule has 0 aliphatic rings. The molecule has 0 saturated heterocycles. The molecule has 0 bridgehead atoms. The quantitative estimate of drug-likeness (QED) is 0.591. The van der Waals surface area contributed by atoms with Crippen molar-refractivity contribution in [3.05, 3.63) is 113 Å². The van der Waals surface area contributed by atoms with E-state index in [1.165, 1.54) is 0 Å². The Bertz CT molecular complexity index is 931. The number of halogens is 1. The molecule has 0 aliphatic heterocycles. The predicted molar refractivity (Wildman–Crippen MR) is 111 cm³/mol. The fourth-order valence-electron chi connectivity index (χ4n) is 2.57. The van der Waals surface area contributed by atoms with Crippen LogP contribution in [0.3, 0.4) is 0 Å². The number of rotatable bonds is 5. The van der Waals surface area contributed by atoms with E-state index in [-0.39, 0.29) is 0 Å². The lowest BCUT2D eigenvalue weighted by atomic mass is 10.1. The van der Waals surface area contributed by atoms with Crippen LogP contribution in [0.1, 0.15) is 22.3 Å². The van der Waals surface area contributed by atoms with Gasteiger partial charge in [-0.2, -0.15) is 0 Å². The summed E-state index contributed by atoms with van der Waals surface area (Å²) in [5.74, 6) is 6.35. The molecule has 3 aromatic carbocycles. The summed E-state index contributed by atoms with van der Waals surface area (Å²) < 4.78 is 0. The average molecular weight is 358 g/mol. The van der Waals surface area contributed by atoms with Crippen LogP contribution in [0.15, 0.2) is 85.4 Å². The Balaban J connectivity index is 1.55. The van der Waals surface area contributed by atoms with Crippen LogP contribution >= 0.6 is 11.6 Å². The van der Waals surface area contributed by atoms with Gasteiger partial charge in [0.25, 0.3) is 0 Å². The summed E-state index contributed by atoms with van der Waals surface area (Å²) in [4.78, 5) is 0. The van der Waals surface area contributed by atoms with Crippen LogP contribution in [0.4, 0.5) is 0 Å². The molecule has 1 nitrogen and oxygen atoms in total. The Morgan fingerprint density at radius 1 is 0.808 bits per heavy atom. The largest absolute Gasteiger partial charge is 0.385 e. The van der Waals surface area contributed by atoms with E-state index in [0.717, 1.165) is 45.9 Å². The summed E-state index contributed by atoms with van der Waals surface area (Å²) in [5.41, 5.74) is 5.11. The highest BCUT2D eigenvalue weighted by Gasteiger charge is 2.01. The summed E-state index contributed by atoms with van der Waals surface area (Å²) in [5, 5.41) is 4.17. The zero-order chi connectivity index (χ0) is 18.2. The maximum atomic E-state index is 6.18. The number of hydrogen-bond acceptors (Lipinski definition) is 1. The first kappa shape index (κ1) is 17.9. The molecule has 0 radical (unpaired) electrons. The van der Waals surface area contributed by atoms with Gasteiger partial charge in [-0.05, 0) is 47.9 Å². The first-order valence-corrected chi connectivity index (χ1v) is 8.94. The number of nitrogens with one attached hydrogen (secondary N) is 1. The van der Waals surface area contributed by atoms with E-state index in [4.69, 9.17) is 11.6 Å². The third kappa shape index (κ3) is 5.02. The molecule has 0 fully saturated rings. The first-order chi connectivity index (χ1) is 12.7. The lowest BCUT2D eigenvalue weighted by molar-refractivity contribution is 0.849. The third-order valence-corrected chi connectivity index (χ3v) is 4.42. The molecule has 0 unspecified atom stereocenters. The number of hydrogen-bond donors (Lipinski definition) is 1. The normalized spacial score (nSPS) is 9.88. The highest BCUT2D eigenvalue weighted by Crippen LogP contribution is 2.16. The van der Waals surface area contributed by atoms with Gasteiger partial charge in [-0.3, -0.25) is 0 Å². The molecule has 0 amide bonds. The van der Waals surface area contributed by atoms with E-state index in [0.29, 0.717) is 0 Å². The van der Waals surface area contributed by atoms with Gasteiger partial charge in [0.05, 0.1) is 0 Å². The van der Waals surface area contributed by atoms with Crippen LogP contribution < -0.4 is 5.32 Å². The fraction of sp³-hybridized carbons (Fsp3) is 0.0833. The van der Waals surface area contributed by atoms with Gasteiger partial charge in [0, 0.05) is 28.4 Å². The van der Waals surface area contributed by atoms with Crippen LogP contribution in [0.2, 0.25) is 5.02 Å². The molecule has 3 rings (SSSR count). The average Bonchev–Trinajstić information content (AvgIpc) is 2.69. The van der Waals surface area contributed by atoms with Crippen molar-refractivity contribution in [1.82, 2.24) is 5.32 Å². The molecular weight excluding hydrogens is 338 g/mol. The highest BCUT2D eigenvalue weighted by atomic mass is 35.5. The van der Waals surface area contributed by atoms with Gasteiger partial charge in [-0.25, -0.2) is 0 Å². The second-order valence-electron chi connectivity index (χ2n) is 5.94. The summed E-state index contributed by atoms with van der Waals surface area (Å²) in [7, 11) is 0. The Kier molecular flexibility index (Phi) is 6.14. The molecule has 128 valence electrons. The van der Waals surface area contributed by atoms with Gasteiger partial charge < -0.3 is 5.32 Å². The van der Waals surface area contributed by atoms with Gasteiger partial charge in [0.1, 0.15) is 0 Å². The third-order valence-electron chi connectivity index (χ3n) is 4.05. The number of benzene rings is 3. The predicted octanol–water partition coefficient (Wildman–Crippen LogP) is 5.54. The summed E-state index contributed by atoms with van der Waals surface area (Å²) in [6.45, 7) is 4.91. The summed E-state index contributed by atoms with van der Waals surface area (Å²) in [6, 6.07) is 26.0. The fourth-order valence-corrected chi connectivity index (χ4v) is 2.80. The minimum absolute atomic E-state index is 0.790. The molecule has 3 aromatic rings. The van der Waals surface area contributed by atoms with Gasteiger partial charge in [0.2, 0.25) is 0 Å². The maximum Gasteiger partial charge on any atom is 0.0438 e. The zero-order valence-corrected chi connectivity index (χ0v) is 15.3. The molecule has 0 atom stereocenters. The Morgan fingerprint density at radius 2 is 1.42 bits per heavy atom. The maximum absolute atomic E-state index is 6.18. The second-order valence-corrected chi connectivity index (χ2v) is 6.35. The van der Waals surface area contributed by atoms with Crippen LogP contribution in [-0.4, -0.2) is 6.54 Å². The lowest BCUT2D eigenvalue weighted by Crippen LogP contribution is -2.15. The van der Waals surface area contributed by atoms with E-state index >= 15 is 0 Å². The molecule has 0 aliphatic carbocycles. The first-order valence-electron chi connectivity index (χ1n) is 8.56. The van der Waals surface area contributed by atoms with Crippen molar-refractivity contribution < 1.29 is 0 Å². The van der Waals surface area contributed by atoms with Crippen molar-refractivity contribution >= 4 is 17.3 Å². The van der Waals surface area contributed by atoms with E-state index in [1.807, 2.05) is 78.9 Å². The summed E-state index contributed by atoms with van der Waals surface area (Å²) >= 11 is 6.18. The Hall–Kier alpha value is -2.95. The lowest BCUT2D eigenvalue weighted by Gasteiger charge is -2.10. The van der Waals surface area contributed by atoms with Gasteiger partial charge >= 0.3 is 0 Å². The van der Waals surface area contributed by atoms with E-state index in [9.17, 15) is 0 Å². The van der Waals surface area contributed by atoms with Gasteiger partial charge in [0.15, 0.2) is 0 Å². The standard InChI is InChI=1S/C24H20ClN/c1-19(26-18-17-23-9-5-6-10-24(23)25)22-15-13-21(14-16-22)12-11-20-7-3-2-4-8-20/h2-10,13-16,26H,1,17-18H2. The molecule has 0 aromatic heterocycles. The van der Waals surface area contributed by atoms with Crippen LogP contribution in [0.5, 0.6) is 0 Å². The molecule has 26 heavy (non-hydrogen) atoms. The van der Waals surface area contributed by atoms with Crippen LogP contribution in [0, 0.1) is 11.8 Å². The molecule has 2 heteroatoms. The Morgan fingerprint density at radius 3 is 2.12 bits per heavy atom. The second kappa shape index (κ2) is 8.94. The molecular formula is C24H20ClN. The highest BCUT2D eigenvalue weighted by molar-refractivity contribution is 6.31. The minimum Gasteiger partial charge on any atom is -0.385 e. The van der Waals surface area contributed by atoms with E-state index in [1.54, 1.807) is 0 Å². The minimum atomic E-state index is 0.790. The van der Waals surface area contributed by atoms with Crippen molar-refractivity contribution in [2.24, 2.45) is 0 Å². The van der Waals surface area contributed by atoms with Crippen molar-refractivity contribution in [1.29, 1.82) is 0 Å². The van der Waals surface area contributed by atoms with Crippen LogP contribution in [-0.2, 0) is 6.42 Å². The zero-order valence-electron chi connectivity index (χ0n) is 14.5. The molecule has 1 N–H and O–H groups in total. The Labute approximate surface area is 160 Å². The molecule has 0 saturated carbocycles. The van der Waals surface area contributed by atoms with Crippen molar-refractivity contribution in [2.45, 2.75) is 6.42 Å². The monoisotopic (exact) mass is 357 g/mol. The van der Waals surface area contributed by atoms with Gasteiger partial charge in [-0.15, -0.1) is 0 Å². The molecule has 0 heterocycles. The topological polar surface area (TPSA) is 12.0 Å². The smallest absolute Gasteiger partial charge is 0.0438 e. The SMILES string of the molecule is C=C(NCCc1ccccc1Cl)c1ccc(C#Cc2ccccc2)cc1.